The number of hydrogen-bond donors (Lipinski definition) is 1. The first-order valence-electron chi connectivity index (χ1n) is 7.50. The molecule has 0 aliphatic carbocycles. The van der Waals surface area contributed by atoms with Crippen molar-refractivity contribution in [1.29, 1.82) is 0 Å². The molecule has 0 aromatic heterocycles. The van der Waals surface area contributed by atoms with Gasteiger partial charge in [0.05, 0.1) is 6.04 Å². The van der Waals surface area contributed by atoms with Crippen LogP contribution in [0.1, 0.15) is 18.4 Å². The van der Waals surface area contributed by atoms with E-state index in [4.69, 9.17) is 0 Å². The van der Waals surface area contributed by atoms with Crippen molar-refractivity contribution in [3.8, 4) is 0 Å². The number of carbonyl (C=O) groups is 1. The van der Waals surface area contributed by atoms with Gasteiger partial charge < -0.3 is 14.9 Å². The fourth-order valence-electron chi connectivity index (χ4n) is 3.58. The van der Waals surface area contributed by atoms with Gasteiger partial charge in [-0.3, -0.25) is 0 Å². The molecule has 108 valence electrons. The number of piperidine rings is 3. The van der Waals surface area contributed by atoms with E-state index in [9.17, 15) is 9.90 Å². The summed E-state index contributed by atoms with van der Waals surface area (Å²) >= 11 is 0. The predicted molar refractivity (Wildman–Crippen MR) is 77.8 cm³/mol. The minimum atomic E-state index is -0.764. The molecule has 3 heterocycles. The number of benzene rings is 1. The Kier molecular flexibility index (Phi) is 3.92. The number of carboxylic acid groups (broad SMARTS) is 1. The molecule has 3 aliphatic heterocycles. The summed E-state index contributed by atoms with van der Waals surface area (Å²) in [6, 6.07) is 10.3. The summed E-state index contributed by atoms with van der Waals surface area (Å²) in [6.45, 7) is 3.82. The molecular weight excluding hydrogens is 252 g/mol. The second-order valence-corrected chi connectivity index (χ2v) is 5.92. The van der Waals surface area contributed by atoms with Crippen molar-refractivity contribution in [2.24, 2.45) is 5.92 Å². The smallest absolute Gasteiger partial charge is 0.407 e. The van der Waals surface area contributed by atoms with Crippen LogP contribution in [0.2, 0.25) is 0 Å². The van der Waals surface area contributed by atoms with Gasteiger partial charge in [0, 0.05) is 13.1 Å². The van der Waals surface area contributed by atoms with E-state index < -0.39 is 6.09 Å². The Labute approximate surface area is 120 Å². The molecule has 1 aromatic carbocycles. The van der Waals surface area contributed by atoms with Crippen molar-refractivity contribution in [3.63, 3.8) is 0 Å². The molecule has 2 bridgehead atoms. The van der Waals surface area contributed by atoms with Gasteiger partial charge in [-0.05, 0) is 43.8 Å². The fraction of sp³-hybridized carbons (Fsp3) is 0.562. The van der Waals surface area contributed by atoms with Gasteiger partial charge in [0.2, 0.25) is 0 Å². The number of fused-ring (bicyclic) bond motifs is 3. The van der Waals surface area contributed by atoms with E-state index in [-0.39, 0.29) is 6.04 Å². The van der Waals surface area contributed by atoms with Crippen molar-refractivity contribution in [1.82, 2.24) is 9.80 Å². The molecule has 1 amide bonds. The molecule has 1 unspecified atom stereocenters. The highest BCUT2D eigenvalue weighted by atomic mass is 16.4. The van der Waals surface area contributed by atoms with Crippen molar-refractivity contribution in [2.45, 2.75) is 25.3 Å². The molecular formula is C16H22N2O2. The molecule has 3 fully saturated rings. The zero-order valence-corrected chi connectivity index (χ0v) is 11.7. The Morgan fingerprint density at radius 1 is 1.25 bits per heavy atom. The third-order valence-electron chi connectivity index (χ3n) is 4.75. The molecule has 1 aromatic rings. The van der Waals surface area contributed by atoms with Gasteiger partial charge in [-0.1, -0.05) is 30.3 Å². The van der Waals surface area contributed by atoms with Crippen LogP contribution >= 0.6 is 0 Å². The minimum Gasteiger partial charge on any atom is -0.465 e. The van der Waals surface area contributed by atoms with Crippen LogP contribution in [0.5, 0.6) is 0 Å². The van der Waals surface area contributed by atoms with Crippen LogP contribution in [-0.4, -0.2) is 53.2 Å². The summed E-state index contributed by atoms with van der Waals surface area (Å²) in [5.74, 6) is 0.562. The molecule has 4 heteroatoms. The van der Waals surface area contributed by atoms with Gasteiger partial charge in [-0.2, -0.15) is 0 Å². The number of amides is 1. The van der Waals surface area contributed by atoms with Crippen LogP contribution < -0.4 is 0 Å². The summed E-state index contributed by atoms with van der Waals surface area (Å²) in [5.41, 5.74) is 1.21. The lowest BCUT2D eigenvalue weighted by molar-refractivity contribution is 0.0109. The van der Waals surface area contributed by atoms with Crippen molar-refractivity contribution < 1.29 is 9.90 Å². The maximum atomic E-state index is 11.6. The lowest BCUT2D eigenvalue weighted by Gasteiger charge is -2.48. The summed E-state index contributed by atoms with van der Waals surface area (Å²) in [6.07, 6.45) is 2.34. The molecule has 1 N–H and O–H groups in total. The second-order valence-electron chi connectivity index (χ2n) is 5.92. The maximum absolute atomic E-state index is 11.6. The van der Waals surface area contributed by atoms with Crippen LogP contribution in [0.3, 0.4) is 0 Å². The van der Waals surface area contributed by atoms with Crippen LogP contribution in [0, 0.1) is 5.92 Å². The molecule has 4 rings (SSSR count). The van der Waals surface area contributed by atoms with E-state index >= 15 is 0 Å². The molecule has 3 saturated heterocycles. The first-order valence-corrected chi connectivity index (χ1v) is 7.50. The zero-order chi connectivity index (χ0) is 13.9. The monoisotopic (exact) mass is 274 g/mol. The van der Waals surface area contributed by atoms with Gasteiger partial charge in [-0.25, -0.2) is 4.79 Å². The number of rotatable bonds is 4. The third-order valence-corrected chi connectivity index (χ3v) is 4.75. The van der Waals surface area contributed by atoms with Gasteiger partial charge in [0.25, 0.3) is 0 Å². The minimum absolute atomic E-state index is 0.193. The van der Waals surface area contributed by atoms with E-state index in [0.717, 1.165) is 38.9 Å². The highest BCUT2D eigenvalue weighted by Gasteiger charge is 2.39. The Balaban J connectivity index is 1.65. The van der Waals surface area contributed by atoms with Crippen molar-refractivity contribution >= 4 is 6.09 Å². The normalized spacial score (nSPS) is 28.3. The Bertz CT molecular complexity index is 455. The Morgan fingerprint density at radius 2 is 1.95 bits per heavy atom. The van der Waals surface area contributed by atoms with Gasteiger partial charge >= 0.3 is 6.09 Å². The molecule has 20 heavy (non-hydrogen) atoms. The highest BCUT2D eigenvalue weighted by molar-refractivity contribution is 5.65. The van der Waals surface area contributed by atoms with Crippen LogP contribution in [-0.2, 0) is 6.42 Å². The van der Waals surface area contributed by atoms with Gasteiger partial charge in [0.1, 0.15) is 0 Å². The lowest BCUT2D eigenvalue weighted by Crippen LogP contribution is -2.58. The summed E-state index contributed by atoms with van der Waals surface area (Å²) < 4.78 is 0. The SMILES string of the molecule is O=C(O)N(CCc1ccccc1)C1CN2CCC1CC2. The van der Waals surface area contributed by atoms with E-state index in [0.29, 0.717) is 12.5 Å². The quantitative estimate of drug-likeness (QED) is 0.916. The summed E-state index contributed by atoms with van der Waals surface area (Å²) in [7, 11) is 0. The topological polar surface area (TPSA) is 43.8 Å². The van der Waals surface area contributed by atoms with E-state index in [1.54, 1.807) is 4.90 Å². The molecule has 1 atom stereocenters. The Morgan fingerprint density at radius 3 is 2.50 bits per heavy atom. The van der Waals surface area contributed by atoms with Gasteiger partial charge in [0.15, 0.2) is 0 Å². The largest absolute Gasteiger partial charge is 0.465 e. The third kappa shape index (κ3) is 2.80. The second kappa shape index (κ2) is 5.83. The van der Waals surface area contributed by atoms with Crippen molar-refractivity contribution in [2.75, 3.05) is 26.2 Å². The maximum Gasteiger partial charge on any atom is 0.407 e. The standard InChI is InChI=1S/C16H22N2O2/c19-16(20)18(11-6-13-4-2-1-3-5-13)15-12-17-9-7-14(15)8-10-17/h1-5,14-15H,6-12H2,(H,19,20). The lowest BCUT2D eigenvalue weighted by atomic mass is 9.83. The van der Waals surface area contributed by atoms with E-state index in [2.05, 4.69) is 17.0 Å². The highest BCUT2D eigenvalue weighted by Crippen LogP contribution is 2.31. The zero-order valence-electron chi connectivity index (χ0n) is 11.7. The van der Waals surface area contributed by atoms with Crippen LogP contribution in [0.25, 0.3) is 0 Å². The average Bonchev–Trinajstić information content (AvgIpc) is 2.49. The molecule has 3 aliphatic rings. The fourth-order valence-corrected chi connectivity index (χ4v) is 3.58. The predicted octanol–water partition coefficient (Wildman–Crippen LogP) is 2.30. The molecule has 0 radical (unpaired) electrons. The van der Waals surface area contributed by atoms with Crippen LogP contribution in [0.4, 0.5) is 4.79 Å². The summed E-state index contributed by atoms with van der Waals surface area (Å²) in [5, 5.41) is 9.54. The Hall–Kier alpha value is -1.55. The first kappa shape index (κ1) is 13.4. The molecule has 4 nitrogen and oxygen atoms in total. The van der Waals surface area contributed by atoms with E-state index in [1.165, 1.54) is 5.56 Å². The van der Waals surface area contributed by atoms with Crippen molar-refractivity contribution in [3.05, 3.63) is 35.9 Å². The molecule has 0 spiro atoms. The number of nitrogens with zero attached hydrogens (tertiary/aromatic N) is 2. The van der Waals surface area contributed by atoms with Gasteiger partial charge in [-0.15, -0.1) is 0 Å². The van der Waals surface area contributed by atoms with E-state index in [1.807, 2.05) is 18.2 Å². The number of hydrogen-bond acceptors (Lipinski definition) is 2. The summed E-state index contributed by atoms with van der Waals surface area (Å²) in [4.78, 5) is 15.7. The first-order chi connectivity index (χ1) is 9.74. The van der Waals surface area contributed by atoms with Crippen LogP contribution in [0.15, 0.2) is 30.3 Å². The molecule has 0 saturated carbocycles. The average molecular weight is 274 g/mol.